The predicted molar refractivity (Wildman–Crippen MR) is 68.1 cm³/mol. The van der Waals surface area contributed by atoms with Gasteiger partial charge in [-0.3, -0.25) is 4.90 Å². The number of hydrogen-bond acceptors (Lipinski definition) is 2. The molecule has 1 saturated carbocycles. The van der Waals surface area contributed by atoms with Crippen LogP contribution in [0.1, 0.15) is 31.2 Å². The smallest absolute Gasteiger partial charge is 0.126 e. The van der Waals surface area contributed by atoms with Gasteiger partial charge in [0.25, 0.3) is 0 Å². The zero-order valence-electron chi connectivity index (χ0n) is 10.7. The molecular formula is C14H20F2N2. The fraction of sp³-hybridized carbons (Fsp3) is 0.571. The molecule has 0 saturated heterocycles. The molecule has 1 fully saturated rings. The molecular weight excluding hydrogens is 234 g/mol. The summed E-state index contributed by atoms with van der Waals surface area (Å²) in [5.41, 5.74) is 6.76. The number of halogens is 2. The van der Waals surface area contributed by atoms with Gasteiger partial charge in [-0.1, -0.05) is 12.8 Å². The molecule has 4 heteroatoms. The van der Waals surface area contributed by atoms with E-state index in [4.69, 9.17) is 5.73 Å². The van der Waals surface area contributed by atoms with Crippen molar-refractivity contribution in [3.05, 3.63) is 35.4 Å². The summed E-state index contributed by atoms with van der Waals surface area (Å²) >= 11 is 0. The normalized spacial score (nSPS) is 24.5. The third-order valence-electron chi connectivity index (χ3n) is 3.70. The zero-order chi connectivity index (χ0) is 13.1. The standard InChI is InChI=1S/C14H20F2N2/c1-18(14-5-3-2-4-13(14)17)9-10-6-11(15)8-12(16)7-10/h6-8,13-14H,2-5,9,17H2,1H3. The molecule has 0 radical (unpaired) electrons. The van der Waals surface area contributed by atoms with E-state index in [2.05, 4.69) is 4.90 Å². The zero-order valence-corrected chi connectivity index (χ0v) is 10.7. The molecule has 1 aliphatic carbocycles. The van der Waals surface area contributed by atoms with Crippen LogP contribution in [-0.4, -0.2) is 24.0 Å². The average molecular weight is 254 g/mol. The summed E-state index contributed by atoms with van der Waals surface area (Å²) in [6.45, 7) is 0.535. The van der Waals surface area contributed by atoms with Crippen LogP contribution in [0.25, 0.3) is 0 Å². The number of nitrogens with two attached hydrogens (primary N) is 1. The molecule has 100 valence electrons. The van der Waals surface area contributed by atoms with Crippen LogP contribution in [0.2, 0.25) is 0 Å². The van der Waals surface area contributed by atoms with Crippen LogP contribution in [0.5, 0.6) is 0 Å². The molecule has 0 aliphatic heterocycles. The molecule has 0 amide bonds. The van der Waals surface area contributed by atoms with Gasteiger partial charge in [0.15, 0.2) is 0 Å². The molecule has 1 aromatic rings. The van der Waals surface area contributed by atoms with E-state index < -0.39 is 11.6 Å². The second-order valence-corrected chi connectivity index (χ2v) is 5.21. The molecule has 2 N–H and O–H groups in total. The van der Waals surface area contributed by atoms with Crippen LogP contribution < -0.4 is 5.73 Å². The Bertz CT molecular complexity index is 389. The van der Waals surface area contributed by atoms with E-state index in [1.54, 1.807) is 0 Å². The van der Waals surface area contributed by atoms with Crippen molar-refractivity contribution in [1.29, 1.82) is 0 Å². The Morgan fingerprint density at radius 2 is 1.78 bits per heavy atom. The van der Waals surface area contributed by atoms with Gasteiger partial charge in [0, 0.05) is 24.7 Å². The molecule has 0 aromatic heterocycles. The van der Waals surface area contributed by atoms with Crippen LogP contribution in [0.4, 0.5) is 8.78 Å². The monoisotopic (exact) mass is 254 g/mol. The Hall–Kier alpha value is -1.00. The lowest BCUT2D eigenvalue weighted by Gasteiger charge is -2.36. The van der Waals surface area contributed by atoms with E-state index in [1.165, 1.54) is 25.0 Å². The minimum absolute atomic E-state index is 0.169. The molecule has 2 rings (SSSR count). The number of rotatable bonds is 3. The van der Waals surface area contributed by atoms with Crippen LogP contribution in [0.3, 0.4) is 0 Å². The maximum atomic E-state index is 13.1. The van der Waals surface area contributed by atoms with Crippen molar-refractivity contribution in [1.82, 2.24) is 4.90 Å². The summed E-state index contributed by atoms with van der Waals surface area (Å²) < 4.78 is 26.2. The quantitative estimate of drug-likeness (QED) is 0.898. The first kappa shape index (κ1) is 13.4. The first-order valence-corrected chi connectivity index (χ1v) is 6.47. The van der Waals surface area contributed by atoms with Crippen LogP contribution in [0, 0.1) is 11.6 Å². The first-order valence-electron chi connectivity index (χ1n) is 6.47. The lowest BCUT2D eigenvalue weighted by Crippen LogP contribution is -2.47. The van der Waals surface area contributed by atoms with Crippen molar-refractivity contribution in [3.8, 4) is 0 Å². The highest BCUT2D eigenvalue weighted by Gasteiger charge is 2.25. The van der Waals surface area contributed by atoms with E-state index in [1.807, 2.05) is 7.05 Å². The van der Waals surface area contributed by atoms with Gasteiger partial charge < -0.3 is 5.73 Å². The predicted octanol–water partition coefficient (Wildman–Crippen LogP) is 2.67. The molecule has 0 bridgehead atoms. The highest BCUT2D eigenvalue weighted by atomic mass is 19.1. The summed E-state index contributed by atoms with van der Waals surface area (Å²) in [5.74, 6) is -1.04. The molecule has 1 aliphatic rings. The van der Waals surface area contributed by atoms with Crippen LogP contribution in [0.15, 0.2) is 18.2 Å². The third-order valence-corrected chi connectivity index (χ3v) is 3.70. The summed E-state index contributed by atoms with van der Waals surface area (Å²) in [7, 11) is 1.97. The van der Waals surface area contributed by atoms with Crippen molar-refractivity contribution in [2.45, 2.75) is 44.3 Å². The van der Waals surface area contributed by atoms with Gasteiger partial charge in [-0.05, 0) is 37.6 Å². The van der Waals surface area contributed by atoms with E-state index in [0.717, 1.165) is 18.9 Å². The Balaban J connectivity index is 2.03. The Kier molecular flexibility index (Phi) is 4.30. The highest BCUT2D eigenvalue weighted by molar-refractivity contribution is 5.17. The Morgan fingerprint density at radius 3 is 2.39 bits per heavy atom. The van der Waals surface area contributed by atoms with Crippen molar-refractivity contribution in [2.75, 3.05) is 7.05 Å². The topological polar surface area (TPSA) is 29.3 Å². The van der Waals surface area contributed by atoms with Crippen molar-refractivity contribution < 1.29 is 8.78 Å². The van der Waals surface area contributed by atoms with Crippen LogP contribution >= 0.6 is 0 Å². The van der Waals surface area contributed by atoms with Gasteiger partial charge in [0.1, 0.15) is 11.6 Å². The minimum atomic E-state index is -0.522. The molecule has 1 aromatic carbocycles. The van der Waals surface area contributed by atoms with E-state index in [0.29, 0.717) is 18.2 Å². The van der Waals surface area contributed by atoms with Crippen molar-refractivity contribution in [2.24, 2.45) is 5.73 Å². The van der Waals surface area contributed by atoms with E-state index >= 15 is 0 Å². The SMILES string of the molecule is CN(Cc1cc(F)cc(F)c1)C1CCCCC1N. The van der Waals surface area contributed by atoms with E-state index in [9.17, 15) is 8.78 Å². The summed E-state index contributed by atoms with van der Waals surface area (Å²) in [4.78, 5) is 2.11. The van der Waals surface area contributed by atoms with Gasteiger partial charge in [-0.2, -0.15) is 0 Å². The second kappa shape index (κ2) is 5.76. The molecule has 2 nitrogen and oxygen atoms in total. The maximum Gasteiger partial charge on any atom is 0.126 e. The number of nitrogens with zero attached hydrogens (tertiary/aromatic N) is 1. The fourth-order valence-electron chi connectivity index (χ4n) is 2.79. The first-order chi connectivity index (χ1) is 8.56. The van der Waals surface area contributed by atoms with Crippen LogP contribution in [-0.2, 0) is 6.54 Å². The van der Waals surface area contributed by atoms with Gasteiger partial charge in [0.05, 0.1) is 0 Å². The number of hydrogen-bond donors (Lipinski definition) is 1. The average Bonchev–Trinajstić information content (AvgIpc) is 2.27. The number of likely N-dealkylation sites (N-methyl/N-ethyl adjacent to an activating group) is 1. The van der Waals surface area contributed by atoms with Gasteiger partial charge in [-0.25, -0.2) is 8.78 Å². The summed E-state index contributed by atoms with van der Waals surface area (Å²) in [6, 6.07) is 4.14. The second-order valence-electron chi connectivity index (χ2n) is 5.21. The molecule has 18 heavy (non-hydrogen) atoms. The third kappa shape index (κ3) is 3.27. The fourth-order valence-corrected chi connectivity index (χ4v) is 2.79. The molecule has 0 spiro atoms. The highest BCUT2D eigenvalue weighted by Crippen LogP contribution is 2.22. The van der Waals surface area contributed by atoms with E-state index in [-0.39, 0.29) is 6.04 Å². The molecule has 0 heterocycles. The van der Waals surface area contributed by atoms with Gasteiger partial charge in [0.2, 0.25) is 0 Å². The van der Waals surface area contributed by atoms with Crippen molar-refractivity contribution >= 4 is 0 Å². The van der Waals surface area contributed by atoms with Gasteiger partial charge >= 0.3 is 0 Å². The van der Waals surface area contributed by atoms with Gasteiger partial charge in [-0.15, -0.1) is 0 Å². The summed E-state index contributed by atoms with van der Waals surface area (Å²) in [5, 5.41) is 0. The van der Waals surface area contributed by atoms with Crippen molar-refractivity contribution in [3.63, 3.8) is 0 Å². The Labute approximate surface area is 107 Å². The molecule has 2 unspecified atom stereocenters. The maximum absolute atomic E-state index is 13.1. The minimum Gasteiger partial charge on any atom is -0.326 e. The lowest BCUT2D eigenvalue weighted by atomic mass is 9.90. The Morgan fingerprint density at radius 1 is 1.17 bits per heavy atom. The molecule has 2 atom stereocenters. The summed E-state index contributed by atoms with van der Waals surface area (Å²) in [6.07, 6.45) is 4.46. The lowest BCUT2D eigenvalue weighted by molar-refractivity contribution is 0.162. The number of benzene rings is 1. The largest absolute Gasteiger partial charge is 0.326 e.